The van der Waals surface area contributed by atoms with Crippen LogP contribution in [-0.2, 0) is 6.42 Å². The Hall–Kier alpha value is -1.95. The molecule has 24 heavy (non-hydrogen) atoms. The molecule has 0 aliphatic carbocycles. The minimum Gasteiger partial charge on any atom is -0.493 e. The van der Waals surface area contributed by atoms with E-state index in [0.29, 0.717) is 25.0 Å². The van der Waals surface area contributed by atoms with Crippen molar-refractivity contribution in [2.24, 2.45) is 16.6 Å². The van der Waals surface area contributed by atoms with Crippen LogP contribution in [0.4, 0.5) is 0 Å². The number of ether oxygens (including phenoxy) is 2. The number of nitrogens with zero attached hydrogens (tertiary/aromatic N) is 1. The largest absolute Gasteiger partial charge is 0.493 e. The van der Waals surface area contributed by atoms with Crippen molar-refractivity contribution in [1.82, 2.24) is 5.32 Å². The third kappa shape index (κ3) is 7.08. The van der Waals surface area contributed by atoms with Crippen LogP contribution in [0.15, 0.2) is 23.2 Å². The van der Waals surface area contributed by atoms with E-state index in [-0.39, 0.29) is 6.61 Å². The van der Waals surface area contributed by atoms with E-state index >= 15 is 0 Å². The zero-order valence-electron chi connectivity index (χ0n) is 15.0. The van der Waals surface area contributed by atoms with Crippen LogP contribution >= 0.6 is 0 Å². The third-order valence-electron chi connectivity index (χ3n) is 3.92. The average molecular weight is 337 g/mol. The molecular formula is C18H31N3O3. The summed E-state index contributed by atoms with van der Waals surface area (Å²) in [6.07, 6.45) is 3.73. The lowest BCUT2D eigenvalue weighted by Gasteiger charge is -2.13. The predicted molar refractivity (Wildman–Crippen MR) is 97.8 cm³/mol. The van der Waals surface area contributed by atoms with E-state index in [9.17, 15) is 0 Å². The van der Waals surface area contributed by atoms with Gasteiger partial charge in [0.1, 0.15) is 0 Å². The molecule has 0 fully saturated rings. The Kier molecular flexibility index (Phi) is 9.68. The van der Waals surface area contributed by atoms with Gasteiger partial charge in [0.25, 0.3) is 0 Å². The average Bonchev–Trinajstić information content (AvgIpc) is 2.60. The monoisotopic (exact) mass is 337 g/mol. The van der Waals surface area contributed by atoms with Crippen LogP contribution in [0.3, 0.4) is 0 Å². The number of aliphatic hydroxyl groups excluding tert-OH is 1. The van der Waals surface area contributed by atoms with Crippen LogP contribution in [0.2, 0.25) is 0 Å². The fourth-order valence-corrected chi connectivity index (χ4v) is 2.57. The SMILES string of the molecule is CCCC(CCO)CN=C(N)NCCc1ccc(OC)c(OC)c1. The molecule has 0 heterocycles. The Morgan fingerprint density at radius 3 is 2.62 bits per heavy atom. The van der Waals surface area contributed by atoms with Gasteiger partial charge in [-0.2, -0.15) is 0 Å². The topological polar surface area (TPSA) is 89.1 Å². The second-order valence-electron chi connectivity index (χ2n) is 5.76. The van der Waals surface area contributed by atoms with E-state index < -0.39 is 0 Å². The minimum absolute atomic E-state index is 0.201. The molecule has 4 N–H and O–H groups in total. The maximum Gasteiger partial charge on any atom is 0.188 e. The van der Waals surface area contributed by atoms with Crippen molar-refractivity contribution < 1.29 is 14.6 Å². The van der Waals surface area contributed by atoms with Gasteiger partial charge in [0.2, 0.25) is 0 Å². The van der Waals surface area contributed by atoms with Gasteiger partial charge in [-0.3, -0.25) is 4.99 Å². The summed E-state index contributed by atoms with van der Waals surface area (Å²) in [4.78, 5) is 4.38. The molecule has 0 saturated carbocycles. The van der Waals surface area contributed by atoms with Gasteiger partial charge in [-0.05, 0) is 42.9 Å². The van der Waals surface area contributed by atoms with Crippen molar-refractivity contribution in [2.45, 2.75) is 32.6 Å². The summed E-state index contributed by atoms with van der Waals surface area (Å²) in [5, 5.41) is 12.2. The Labute approximate surface area is 145 Å². The van der Waals surface area contributed by atoms with Gasteiger partial charge in [-0.15, -0.1) is 0 Å². The zero-order valence-corrected chi connectivity index (χ0v) is 15.0. The molecular weight excluding hydrogens is 306 g/mol. The molecule has 0 spiro atoms. The minimum atomic E-state index is 0.201. The van der Waals surface area contributed by atoms with Crippen molar-refractivity contribution in [3.63, 3.8) is 0 Å². The molecule has 6 nitrogen and oxygen atoms in total. The summed E-state index contributed by atoms with van der Waals surface area (Å²) < 4.78 is 10.5. The predicted octanol–water partition coefficient (Wildman–Crippen LogP) is 1.95. The Balaban J connectivity index is 2.44. The number of hydrogen-bond acceptors (Lipinski definition) is 4. The lowest BCUT2D eigenvalue weighted by molar-refractivity contribution is 0.253. The van der Waals surface area contributed by atoms with Crippen LogP contribution < -0.4 is 20.5 Å². The second-order valence-corrected chi connectivity index (χ2v) is 5.76. The van der Waals surface area contributed by atoms with Gasteiger partial charge in [-0.1, -0.05) is 19.4 Å². The molecule has 0 saturated heterocycles. The molecule has 1 unspecified atom stereocenters. The first-order valence-electron chi connectivity index (χ1n) is 8.50. The molecule has 6 heteroatoms. The number of rotatable bonds is 11. The smallest absolute Gasteiger partial charge is 0.188 e. The molecule has 0 bridgehead atoms. The van der Waals surface area contributed by atoms with E-state index in [0.717, 1.165) is 42.7 Å². The Morgan fingerprint density at radius 2 is 2.00 bits per heavy atom. The van der Waals surface area contributed by atoms with Crippen LogP contribution in [0.1, 0.15) is 31.7 Å². The molecule has 0 amide bonds. The maximum atomic E-state index is 9.06. The molecule has 0 aliphatic heterocycles. The highest BCUT2D eigenvalue weighted by atomic mass is 16.5. The standard InChI is InChI=1S/C18H31N3O3/c1-4-5-15(9-11-22)13-21-18(19)20-10-8-14-6-7-16(23-2)17(12-14)24-3/h6-7,12,15,22H,4-5,8-11,13H2,1-3H3,(H3,19,20,21). The molecule has 1 rings (SSSR count). The highest BCUT2D eigenvalue weighted by molar-refractivity contribution is 5.77. The Morgan fingerprint density at radius 1 is 1.25 bits per heavy atom. The van der Waals surface area contributed by atoms with Crippen molar-refractivity contribution in [3.8, 4) is 11.5 Å². The number of guanidine groups is 1. The Bertz CT molecular complexity index is 500. The van der Waals surface area contributed by atoms with E-state index in [1.165, 1.54) is 0 Å². The summed E-state index contributed by atoms with van der Waals surface area (Å²) >= 11 is 0. The van der Waals surface area contributed by atoms with E-state index in [2.05, 4.69) is 17.2 Å². The fraction of sp³-hybridized carbons (Fsp3) is 0.611. The van der Waals surface area contributed by atoms with Crippen molar-refractivity contribution >= 4 is 5.96 Å². The molecule has 0 aromatic heterocycles. The molecule has 136 valence electrons. The zero-order chi connectivity index (χ0) is 17.8. The molecule has 1 aromatic rings. The van der Waals surface area contributed by atoms with Gasteiger partial charge in [0.05, 0.1) is 14.2 Å². The summed E-state index contributed by atoms with van der Waals surface area (Å²) in [6.45, 7) is 3.69. The van der Waals surface area contributed by atoms with Gasteiger partial charge in [-0.25, -0.2) is 0 Å². The van der Waals surface area contributed by atoms with E-state index in [1.54, 1.807) is 14.2 Å². The number of nitrogens with two attached hydrogens (primary N) is 1. The number of aliphatic imine (C=N–C) groups is 1. The van der Waals surface area contributed by atoms with Crippen LogP contribution in [-0.4, -0.2) is 45.0 Å². The number of benzene rings is 1. The van der Waals surface area contributed by atoms with Crippen molar-refractivity contribution in [2.75, 3.05) is 33.9 Å². The maximum absolute atomic E-state index is 9.06. The van der Waals surface area contributed by atoms with Crippen LogP contribution in [0, 0.1) is 5.92 Å². The van der Waals surface area contributed by atoms with Crippen molar-refractivity contribution in [1.29, 1.82) is 0 Å². The van der Waals surface area contributed by atoms with E-state index in [1.807, 2.05) is 18.2 Å². The van der Waals surface area contributed by atoms with Crippen LogP contribution in [0.5, 0.6) is 11.5 Å². The van der Waals surface area contributed by atoms with Gasteiger partial charge in [0.15, 0.2) is 17.5 Å². The first-order chi connectivity index (χ1) is 11.6. The van der Waals surface area contributed by atoms with Crippen LogP contribution in [0.25, 0.3) is 0 Å². The third-order valence-corrected chi connectivity index (χ3v) is 3.92. The number of hydrogen-bond donors (Lipinski definition) is 3. The summed E-state index contributed by atoms with van der Waals surface area (Å²) in [5.74, 6) is 2.30. The van der Waals surface area contributed by atoms with Gasteiger partial charge in [0, 0.05) is 19.7 Å². The lowest BCUT2D eigenvalue weighted by Crippen LogP contribution is -2.33. The first-order valence-corrected chi connectivity index (χ1v) is 8.50. The quantitative estimate of drug-likeness (QED) is 0.424. The summed E-state index contributed by atoms with van der Waals surface area (Å²) in [6, 6.07) is 5.87. The van der Waals surface area contributed by atoms with E-state index in [4.69, 9.17) is 20.3 Å². The number of aliphatic hydroxyl groups is 1. The molecule has 1 atom stereocenters. The number of nitrogens with one attached hydrogen (secondary N) is 1. The molecule has 1 aromatic carbocycles. The highest BCUT2D eigenvalue weighted by Gasteiger charge is 2.07. The van der Waals surface area contributed by atoms with Gasteiger partial charge < -0.3 is 25.6 Å². The second kappa shape index (κ2) is 11.6. The molecule has 0 aliphatic rings. The number of methoxy groups -OCH3 is 2. The summed E-state index contributed by atoms with van der Waals surface area (Å²) in [5.41, 5.74) is 7.05. The first kappa shape index (κ1) is 20.1. The normalized spacial score (nSPS) is 12.8. The van der Waals surface area contributed by atoms with Gasteiger partial charge >= 0.3 is 0 Å². The fourth-order valence-electron chi connectivity index (χ4n) is 2.57. The molecule has 0 radical (unpaired) electrons. The lowest BCUT2D eigenvalue weighted by atomic mass is 10.0. The highest BCUT2D eigenvalue weighted by Crippen LogP contribution is 2.27. The summed E-state index contributed by atoms with van der Waals surface area (Å²) in [7, 11) is 3.25. The van der Waals surface area contributed by atoms with Crippen molar-refractivity contribution in [3.05, 3.63) is 23.8 Å².